The molecular weight excluding hydrogens is 270 g/mol. The van der Waals surface area contributed by atoms with Crippen LogP contribution in [0.15, 0.2) is 30.7 Å². The van der Waals surface area contributed by atoms with Crippen molar-refractivity contribution in [3.05, 3.63) is 40.9 Å². The zero-order valence-electron chi connectivity index (χ0n) is 12.8. The molecule has 21 heavy (non-hydrogen) atoms. The fourth-order valence-electron chi connectivity index (χ4n) is 2.09. The van der Waals surface area contributed by atoms with Crippen molar-refractivity contribution < 1.29 is 4.92 Å². The van der Waals surface area contributed by atoms with Gasteiger partial charge in [-0.05, 0) is 19.3 Å². The van der Waals surface area contributed by atoms with E-state index in [-0.39, 0.29) is 6.04 Å². The van der Waals surface area contributed by atoms with E-state index < -0.39 is 4.92 Å². The topological polar surface area (TPSA) is 85.0 Å². The minimum Gasteiger partial charge on any atom is -0.367 e. The number of nitro groups is 1. The number of aryl methyl sites for hydroxylation is 1. The molecule has 0 saturated carbocycles. The highest BCUT2D eigenvalue weighted by atomic mass is 16.6. The van der Waals surface area contributed by atoms with Gasteiger partial charge in [-0.3, -0.25) is 10.1 Å². The van der Waals surface area contributed by atoms with Crippen LogP contribution in [0.3, 0.4) is 0 Å². The second-order valence-corrected chi connectivity index (χ2v) is 4.95. The standard InChI is InChI=1S/C14H25N5O2/c1-3-6-13(4-2)17-14(11-19(20)21)16-7-5-9-18-10-8-15-12-18/h8,10-13,16-17H,3-7,9H2,1-2H3/b14-11+. The molecule has 7 nitrogen and oxygen atoms in total. The number of nitrogens with zero attached hydrogens (tertiary/aromatic N) is 3. The number of hydrogen-bond acceptors (Lipinski definition) is 5. The van der Waals surface area contributed by atoms with E-state index in [1.54, 1.807) is 12.5 Å². The molecule has 0 saturated heterocycles. The van der Waals surface area contributed by atoms with Crippen molar-refractivity contribution in [3.8, 4) is 0 Å². The van der Waals surface area contributed by atoms with Crippen LogP contribution in [-0.4, -0.2) is 27.1 Å². The molecule has 1 unspecified atom stereocenters. The summed E-state index contributed by atoms with van der Waals surface area (Å²) in [6, 6.07) is 0.266. The molecule has 0 aliphatic rings. The molecule has 0 fully saturated rings. The molecule has 1 aromatic heterocycles. The minimum atomic E-state index is -0.427. The first-order valence-corrected chi connectivity index (χ1v) is 7.47. The number of rotatable bonds is 11. The molecule has 1 heterocycles. The summed E-state index contributed by atoms with van der Waals surface area (Å²) in [5.41, 5.74) is 0. The summed E-state index contributed by atoms with van der Waals surface area (Å²) in [5.74, 6) is 0.492. The van der Waals surface area contributed by atoms with Crippen LogP contribution in [0.25, 0.3) is 0 Å². The summed E-state index contributed by atoms with van der Waals surface area (Å²) < 4.78 is 1.98. The fraction of sp³-hybridized carbons (Fsp3) is 0.643. The van der Waals surface area contributed by atoms with Gasteiger partial charge in [0.15, 0.2) is 5.82 Å². The van der Waals surface area contributed by atoms with Crippen LogP contribution in [0.5, 0.6) is 0 Å². The Balaban J connectivity index is 2.40. The van der Waals surface area contributed by atoms with Crippen LogP contribution in [0.1, 0.15) is 39.5 Å². The Hall–Kier alpha value is -2.05. The van der Waals surface area contributed by atoms with E-state index in [0.29, 0.717) is 12.4 Å². The van der Waals surface area contributed by atoms with Crippen LogP contribution in [-0.2, 0) is 6.54 Å². The van der Waals surface area contributed by atoms with E-state index in [1.165, 1.54) is 0 Å². The predicted octanol–water partition coefficient (Wildman–Crippen LogP) is 2.11. The predicted molar refractivity (Wildman–Crippen MR) is 82.0 cm³/mol. The number of nitrogens with one attached hydrogen (secondary N) is 2. The normalized spacial score (nSPS) is 13.0. The third-order valence-electron chi connectivity index (χ3n) is 3.19. The molecule has 2 N–H and O–H groups in total. The zero-order valence-corrected chi connectivity index (χ0v) is 12.8. The van der Waals surface area contributed by atoms with Gasteiger partial charge >= 0.3 is 0 Å². The van der Waals surface area contributed by atoms with Gasteiger partial charge < -0.3 is 15.2 Å². The first kappa shape index (κ1) is 17.0. The maximum absolute atomic E-state index is 10.7. The van der Waals surface area contributed by atoms with Gasteiger partial charge in [-0.25, -0.2) is 4.98 Å². The van der Waals surface area contributed by atoms with Gasteiger partial charge in [-0.1, -0.05) is 20.3 Å². The largest absolute Gasteiger partial charge is 0.367 e. The highest BCUT2D eigenvalue weighted by Gasteiger charge is 2.09. The molecule has 0 bridgehead atoms. The monoisotopic (exact) mass is 295 g/mol. The number of hydrogen-bond donors (Lipinski definition) is 2. The maximum atomic E-state index is 10.7. The van der Waals surface area contributed by atoms with E-state index in [0.717, 1.165) is 38.4 Å². The van der Waals surface area contributed by atoms with Crippen molar-refractivity contribution in [2.45, 2.75) is 52.1 Å². The van der Waals surface area contributed by atoms with Crippen molar-refractivity contribution in [1.82, 2.24) is 20.2 Å². The molecule has 1 atom stereocenters. The smallest absolute Gasteiger partial charge is 0.274 e. The summed E-state index contributed by atoms with van der Waals surface area (Å²) in [6.07, 6.45) is 10.3. The van der Waals surface area contributed by atoms with Crippen LogP contribution in [0.2, 0.25) is 0 Å². The van der Waals surface area contributed by atoms with Crippen molar-refractivity contribution in [3.63, 3.8) is 0 Å². The van der Waals surface area contributed by atoms with Crippen molar-refractivity contribution >= 4 is 0 Å². The fourth-order valence-corrected chi connectivity index (χ4v) is 2.09. The van der Waals surface area contributed by atoms with Crippen molar-refractivity contribution in [2.24, 2.45) is 0 Å². The van der Waals surface area contributed by atoms with E-state index in [1.807, 2.05) is 10.8 Å². The van der Waals surface area contributed by atoms with Gasteiger partial charge in [-0.15, -0.1) is 0 Å². The average molecular weight is 295 g/mol. The summed E-state index contributed by atoms with van der Waals surface area (Å²) in [7, 11) is 0. The van der Waals surface area contributed by atoms with Gasteiger partial charge in [0, 0.05) is 31.5 Å². The second kappa shape index (κ2) is 9.79. The summed E-state index contributed by atoms with van der Waals surface area (Å²) in [5, 5.41) is 17.0. The van der Waals surface area contributed by atoms with Crippen LogP contribution in [0.4, 0.5) is 0 Å². The Morgan fingerprint density at radius 1 is 1.52 bits per heavy atom. The molecule has 0 spiro atoms. The first-order valence-electron chi connectivity index (χ1n) is 7.47. The lowest BCUT2D eigenvalue weighted by atomic mass is 10.1. The maximum Gasteiger partial charge on any atom is 0.274 e. The molecule has 0 aliphatic heterocycles. The summed E-state index contributed by atoms with van der Waals surface area (Å²) >= 11 is 0. The Bertz CT molecular complexity index is 431. The lowest BCUT2D eigenvalue weighted by molar-refractivity contribution is -0.404. The van der Waals surface area contributed by atoms with Crippen LogP contribution in [0, 0.1) is 10.1 Å². The molecule has 1 rings (SSSR count). The molecule has 0 radical (unpaired) electrons. The molecule has 1 aromatic rings. The highest BCUT2D eigenvalue weighted by molar-refractivity contribution is 4.94. The Morgan fingerprint density at radius 2 is 2.33 bits per heavy atom. The van der Waals surface area contributed by atoms with Crippen LogP contribution < -0.4 is 10.6 Å². The van der Waals surface area contributed by atoms with Gasteiger partial charge in [-0.2, -0.15) is 0 Å². The van der Waals surface area contributed by atoms with E-state index in [4.69, 9.17) is 0 Å². The van der Waals surface area contributed by atoms with E-state index in [2.05, 4.69) is 29.5 Å². The van der Waals surface area contributed by atoms with Crippen molar-refractivity contribution in [2.75, 3.05) is 6.54 Å². The molecular formula is C14H25N5O2. The minimum absolute atomic E-state index is 0.266. The van der Waals surface area contributed by atoms with E-state index in [9.17, 15) is 10.1 Å². The number of aromatic nitrogens is 2. The molecule has 118 valence electrons. The SMILES string of the molecule is CCCC(CC)N/C(=C/[N+](=O)[O-])NCCCn1ccnc1. The Kier molecular flexibility index (Phi) is 7.93. The lowest BCUT2D eigenvalue weighted by Gasteiger charge is -2.19. The average Bonchev–Trinajstić information content (AvgIpc) is 2.95. The highest BCUT2D eigenvalue weighted by Crippen LogP contribution is 2.03. The summed E-state index contributed by atoms with van der Waals surface area (Å²) in [4.78, 5) is 14.2. The zero-order chi connectivity index (χ0) is 15.5. The second-order valence-electron chi connectivity index (χ2n) is 4.95. The molecule has 0 amide bonds. The lowest BCUT2D eigenvalue weighted by Crippen LogP contribution is -2.35. The molecule has 7 heteroatoms. The van der Waals surface area contributed by atoms with E-state index >= 15 is 0 Å². The van der Waals surface area contributed by atoms with Gasteiger partial charge in [0.05, 0.1) is 11.3 Å². The van der Waals surface area contributed by atoms with Gasteiger partial charge in [0.25, 0.3) is 6.20 Å². The molecule has 0 aliphatic carbocycles. The first-order chi connectivity index (χ1) is 10.2. The number of imidazole rings is 1. The Morgan fingerprint density at radius 3 is 2.90 bits per heavy atom. The van der Waals surface area contributed by atoms with Gasteiger partial charge in [0.2, 0.25) is 0 Å². The van der Waals surface area contributed by atoms with Gasteiger partial charge in [0.1, 0.15) is 0 Å². The van der Waals surface area contributed by atoms with Crippen LogP contribution >= 0.6 is 0 Å². The Labute approximate surface area is 125 Å². The molecule has 0 aromatic carbocycles. The summed E-state index contributed by atoms with van der Waals surface area (Å²) in [6.45, 7) is 5.70. The third-order valence-corrected chi connectivity index (χ3v) is 3.19. The third kappa shape index (κ3) is 7.34. The van der Waals surface area contributed by atoms with Crippen molar-refractivity contribution in [1.29, 1.82) is 0 Å². The quantitative estimate of drug-likeness (QED) is 0.371.